The number of esters is 1. The Kier molecular flexibility index (Phi) is 8.82. The molecule has 34 heavy (non-hydrogen) atoms. The van der Waals surface area contributed by atoms with Gasteiger partial charge in [-0.05, 0) is 63.2 Å². The topological polar surface area (TPSA) is 141 Å². The molecule has 2 rings (SSSR count). The molecule has 0 saturated carbocycles. The third-order valence-corrected chi connectivity index (χ3v) is 4.06. The normalized spacial score (nSPS) is 10.5. The number of ether oxygens (including phenoxy) is 4. The van der Waals surface area contributed by atoms with Crippen LogP contribution in [0.25, 0.3) is 0 Å². The highest BCUT2D eigenvalue weighted by atomic mass is 16.6. The molecular weight excluding hydrogens is 446 g/mol. The average molecular weight is 473 g/mol. The van der Waals surface area contributed by atoms with Gasteiger partial charge in [0.05, 0.1) is 19.8 Å². The highest BCUT2D eigenvalue weighted by Crippen LogP contribution is 2.27. The number of hydrogen-bond donors (Lipinski definition) is 3. The molecule has 0 aromatic heterocycles. The predicted octanol–water partition coefficient (Wildman–Crippen LogP) is 2.67. The van der Waals surface area contributed by atoms with Crippen LogP contribution in [0.4, 0.5) is 10.5 Å². The zero-order valence-electron chi connectivity index (χ0n) is 19.5. The summed E-state index contributed by atoms with van der Waals surface area (Å²) in [5, 5.41) is 2.54. The summed E-state index contributed by atoms with van der Waals surface area (Å²) < 4.78 is 20.3. The molecule has 0 atom stereocenters. The summed E-state index contributed by atoms with van der Waals surface area (Å²) in [7, 11) is 2.90. The van der Waals surface area contributed by atoms with E-state index in [2.05, 4.69) is 16.2 Å². The van der Waals surface area contributed by atoms with Gasteiger partial charge in [0.15, 0.2) is 18.1 Å². The van der Waals surface area contributed by atoms with Crippen molar-refractivity contribution in [1.82, 2.24) is 10.9 Å². The Balaban J connectivity index is 1.81. The van der Waals surface area contributed by atoms with Gasteiger partial charge in [0.1, 0.15) is 5.60 Å². The zero-order chi connectivity index (χ0) is 25.3. The van der Waals surface area contributed by atoms with E-state index in [0.29, 0.717) is 17.2 Å². The first-order valence-electron chi connectivity index (χ1n) is 10.1. The van der Waals surface area contributed by atoms with Gasteiger partial charge in [-0.3, -0.25) is 25.8 Å². The Bertz CT molecular complexity index is 1050. The molecule has 11 heteroatoms. The fourth-order valence-corrected chi connectivity index (χ4v) is 2.54. The Morgan fingerprint density at radius 2 is 1.44 bits per heavy atom. The molecule has 0 unspecified atom stereocenters. The van der Waals surface area contributed by atoms with E-state index in [-0.39, 0.29) is 11.1 Å². The van der Waals surface area contributed by atoms with Crippen LogP contribution in [0, 0.1) is 0 Å². The van der Waals surface area contributed by atoms with Gasteiger partial charge in [-0.2, -0.15) is 0 Å². The number of hydrogen-bond acceptors (Lipinski definition) is 8. The van der Waals surface area contributed by atoms with Crippen molar-refractivity contribution in [1.29, 1.82) is 0 Å². The molecule has 3 amide bonds. The maximum atomic E-state index is 12.2. The van der Waals surface area contributed by atoms with Crippen molar-refractivity contribution in [3.8, 4) is 11.5 Å². The van der Waals surface area contributed by atoms with Gasteiger partial charge in [0, 0.05) is 11.3 Å². The molecule has 0 spiro atoms. The second kappa shape index (κ2) is 11.5. The second-order valence-electron chi connectivity index (χ2n) is 7.85. The number of methoxy groups -OCH3 is 2. The number of hydrazine groups is 1. The number of nitrogens with one attached hydrogen (secondary N) is 3. The van der Waals surface area contributed by atoms with Crippen molar-refractivity contribution >= 4 is 29.6 Å². The van der Waals surface area contributed by atoms with Gasteiger partial charge in [-0.1, -0.05) is 0 Å². The Morgan fingerprint density at radius 3 is 2.03 bits per heavy atom. The van der Waals surface area contributed by atoms with Gasteiger partial charge < -0.3 is 18.9 Å². The number of anilines is 1. The minimum Gasteiger partial charge on any atom is -0.493 e. The molecule has 0 aliphatic heterocycles. The number of rotatable bonds is 7. The molecule has 182 valence electrons. The monoisotopic (exact) mass is 473 g/mol. The van der Waals surface area contributed by atoms with E-state index in [1.54, 1.807) is 26.8 Å². The van der Waals surface area contributed by atoms with E-state index in [9.17, 15) is 19.2 Å². The largest absolute Gasteiger partial charge is 0.493 e. The van der Waals surface area contributed by atoms with Crippen LogP contribution in [0.3, 0.4) is 0 Å². The molecule has 0 fully saturated rings. The fourth-order valence-electron chi connectivity index (χ4n) is 2.54. The molecular formula is C23H27N3O8. The van der Waals surface area contributed by atoms with Crippen LogP contribution in [0.2, 0.25) is 0 Å². The zero-order valence-corrected chi connectivity index (χ0v) is 19.5. The van der Waals surface area contributed by atoms with Crippen LogP contribution in [0.15, 0.2) is 42.5 Å². The van der Waals surface area contributed by atoms with Gasteiger partial charge >= 0.3 is 12.1 Å². The lowest BCUT2D eigenvalue weighted by molar-refractivity contribution is -0.125. The molecule has 0 bridgehead atoms. The molecule has 0 aliphatic carbocycles. The van der Waals surface area contributed by atoms with Gasteiger partial charge in [0.2, 0.25) is 0 Å². The number of carbonyl (C=O) groups is 4. The summed E-state index contributed by atoms with van der Waals surface area (Å²) in [5.74, 6) is -1.31. The number of carbonyl (C=O) groups excluding carboxylic acids is 4. The molecule has 0 radical (unpaired) electrons. The highest BCUT2D eigenvalue weighted by Gasteiger charge is 2.17. The van der Waals surface area contributed by atoms with E-state index >= 15 is 0 Å². The minimum atomic E-state index is -0.759. The number of amides is 3. The number of benzene rings is 2. The summed E-state index contributed by atoms with van der Waals surface area (Å²) in [6, 6.07) is 10.3. The minimum absolute atomic E-state index is 0.164. The third kappa shape index (κ3) is 8.01. The van der Waals surface area contributed by atoms with E-state index in [0.717, 1.165) is 0 Å². The summed E-state index contributed by atoms with van der Waals surface area (Å²) in [6.45, 7) is 4.60. The fraction of sp³-hybridized carbons (Fsp3) is 0.304. The van der Waals surface area contributed by atoms with Gasteiger partial charge in [0.25, 0.3) is 11.8 Å². The SMILES string of the molecule is COc1ccc(C(=O)NNC(=O)COC(=O)c2ccc(NC(=O)OC(C)(C)C)cc2)cc1OC. The molecule has 2 aromatic rings. The third-order valence-electron chi connectivity index (χ3n) is 4.06. The quantitative estimate of drug-likeness (QED) is 0.412. The second-order valence-corrected chi connectivity index (χ2v) is 7.85. The van der Waals surface area contributed by atoms with E-state index in [1.165, 1.54) is 50.6 Å². The smallest absolute Gasteiger partial charge is 0.412 e. The molecule has 3 N–H and O–H groups in total. The van der Waals surface area contributed by atoms with Crippen molar-refractivity contribution in [3.63, 3.8) is 0 Å². The molecule has 11 nitrogen and oxygen atoms in total. The Labute approximate surface area is 196 Å². The molecule has 0 aliphatic rings. The summed E-state index contributed by atoms with van der Waals surface area (Å²) in [6.07, 6.45) is -0.630. The van der Waals surface area contributed by atoms with Crippen molar-refractivity contribution < 1.29 is 38.1 Å². The van der Waals surface area contributed by atoms with Crippen molar-refractivity contribution in [3.05, 3.63) is 53.6 Å². The van der Waals surface area contributed by atoms with Crippen LogP contribution < -0.4 is 25.6 Å². The van der Waals surface area contributed by atoms with Gasteiger partial charge in [-0.25, -0.2) is 9.59 Å². The summed E-state index contributed by atoms with van der Waals surface area (Å²) >= 11 is 0. The van der Waals surface area contributed by atoms with Crippen LogP contribution >= 0.6 is 0 Å². The first kappa shape index (κ1) is 26.0. The molecule has 0 heterocycles. The lowest BCUT2D eigenvalue weighted by Crippen LogP contribution is -2.43. The molecule has 2 aromatic carbocycles. The van der Waals surface area contributed by atoms with Crippen LogP contribution in [-0.2, 0) is 14.3 Å². The maximum absolute atomic E-state index is 12.2. The average Bonchev–Trinajstić information content (AvgIpc) is 2.79. The van der Waals surface area contributed by atoms with E-state index < -0.39 is 36.1 Å². The van der Waals surface area contributed by atoms with Crippen molar-refractivity contribution in [2.75, 3.05) is 26.1 Å². The summed E-state index contributed by atoms with van der Waals surface area (Å²) in [4.78, 5) is 48.0. The predicted molar refractivity (Wildman–Crippen MR) is 122 cm³/mol. The van der Waals surface area contributed by atoms with E-state index in [1.807, 2.05) is 0 Å². The maximum Gasteiger partial charge on any atom is 0.412 e. The van der Waals surface area contributed by atoms with Crippen molar-refractivity contribution in [2.45, 2.75) is 26.4 Å². The summed E-state index contributed by atoms with van der Waals surface area (Å²) in [5.41, 5.74) is 4.52. The lowest BCUT2D eigenvalue weighted by Gasteiger charge is -2.19. The van der Waals surface area contributed by atoms with Crippen LogP contribution in [-0.4, -0.2) is 50.3 Å². The Morgan fingerprint density at radius 1 is 0.824 bits per heavy atom. The lowest BCUT2D eigenvalue weighted by atomic mass is 10.2. The van der Waals surface area contributed by atoms with Crippen LogP contribution in [0.1, 0.15) is 41.5 Å². The van der Waals surface area contributed by atoms with Gasteiger partial charge in [-0.15, -0.1) is 0 Å². The van der Waals surface area contributed by atoms with Crippen LogP contribution in [0.5, 0.6) is 11.5 Å². The molecule has 0 saturated heterocycles. The Hall–Kier alpha value is -4.28. The van der Waals surface area contributed by atoms with E-state index in [4.69, 9.17) is 18.9 Å². The first-order valence-corrected chi connectivity index (χ1v) is 10.1. The van der Waals surface area contributed by atoms with Crippen molar-refractivity contribution in [2.24, 2.45) is 0 Å². The first-order chi connectivity index (χ1) is 16.0. The standard InChI is InChI=1S/C23H27N3O8/c1-23(2,3)34-22(30)24-16-9-6-14(7-10-16)21(29)33-13-19(27)25-26-20(28)15-8-11-17(31-4)18(12-15)32-5/h6-12H,13H2,1-5H3,(H,24,30)(H,25,27)(H,26,28). The highest BCUT2D eigenvalue weighted by molar-refractivity contribution is 5.96.